The normalized spacial score (nSPS) is 30.5. The zero-order valence-electron chi connectivity index (χ0n) is 9.40. The Bertz CT molecular complexity index is 299. The molecule has 90 valence electrons. The minimum Gasteiger partial charge on any atom is -0.396 e. The van der Waals surface area contributed by atoms with Crippen LogP contribution in [0.2, 0.25) is 0 Å². The van der Waals surface area contributed by atoms with E-state index in [1.165, 1.54) is 0 Å². The minimum absolute atomic E-state index is 0.0247. The Labute approximate surface area is 91.6 Å². The van der Waals surface area contributed by atoms with Crippen LogP contribution < -0.4 is 0 Å². The van der Waals surface area contributed by atoms with Crippen molar-refractivity contribution in [2.45, 2.75) is 20.3 Å². The fourth-order valence-electron chi connectivity index (χ4n) is 1.81. The van der Waals surface area contributed by atoms with Crippen LogP contribution >= 0.6 is 0 Å². The van der Waals surface area contributed by atoms with Crippen LogP contribution in [0.25, 0.3) is 0 Å². The highest BCUT2D eigenvalue weighted by Crippen LogP contribution is 2.52. The van der Waals surface area contributed by atoms with Crippen LogP contribution in [-0.4, -0.2) is 44.9 Å². The monoisotopic (exact) mass is 236 g/mol. The quantitative estimate of drug-likeness (QED) is 0.697. The molecular formula is C10H20O4S. The minimum atomic E-state index is -2.93. The number of rotatable bonds is 7. The lowest BCUT2D eigenvalue weighted by molar-refractivity contribution is 0.0619. The third-order valence-electron chi connectivity index (χ3n) is 3.16. The Kier molecular flexibility index (Phi) is 4.14. The van der Waals surface area contributed by atoms with E-state index in [2.05, 4.69) is 0 Å². The first-order chi connectivity index (χ1) is 6.99. The zero-order chi connectivity index (χ0) is 11.5. The number of hydrogen-bond donors (Lipinski definition) is 1. The summed E-state index contributed by atoms with van der Waals surface area (Å²) in [5.74, 6) is 0.454. The van der Waals surface area contributed by atoms with Crippen molar-refractivity contribution in [2.24, 2.45) is 11.3 Å². The first-order valence-electron chi connectivity index (χ1n) is 5.38. The summed E-state index contributed by atoms with van der Waals surface area (Å²) in [6.45, 7) is 4.65. The predicted octanol–water partition coefficient (Wildman–Crippen LogP) is 0.456. The van der Waals surface area contributed by atoms with Crippen LogP contribution in [-0.2, 0) is 14.6 Å². The lowest BCUT2D eigenvalue weighted by atomic mass is 10.1. The summed E-state index contributed by atoms with van der Waals surface area (Å²) in [6.07, 6.45) is 0.767. The second kappa shape index (κ2) is 4.80. The average Bonchev–Trinajstić information content (AvgIpc) is 2.88. The Morgan fingerprint density at radius 1 is 1.47 bits per heavy atom. The molecule has 0 aromatic carbocycles. The van der Waals surface area contributed by atoms with Gasteiger partial charge in [-0.3, -0.25) is 0 Å². The number of aliphatic hydroxyl groups is 1. The maximum absolute atomic E-state index is 11.4. The molecule has 0 aromatic heterocycles. The molecule has 0 aliphatic heterocycles. The summed E-state index contributed by atoms with van der Waals surface area (Å²) in [5.41, 5.74) is -0.280. The average molecular weight is 236 g/mol. The van der Waals surface area contributed by atoms with Gasteiger partial charge in [-0.25, -0.2) is 8.42 Å². The van der Waals surface area contributed by atoms with Crippen molar-refractivity contribution in [3.63, 3.8) is 0 Å². The third kappa shape index (κ3) is 3.16. The topological polar surface area (TPSA) is 63.6 Å². The van der Waals surface area contributed by atoms with E-state index in [4.69, 9.17) is 4.74 Å². The second-order valence-electron chi connectivity index (χ2n) is 4.26. The largest absolute Gasteiger partial charge is 0.396 e. The molecule has 1 aliphatic rings. The predicted molar refractivity (Wildman–Crippen MR) is 58.4 cm³/mol. The van der Waals surface area contributed by atoms with E-state index in [1.807, 2.05) is 6.92 Å². The smallest absolute Gasteiger partial charge is 0.150 e. The van der Waals surface area contributed by atoms with E-state index in [9.17, 15) is 13.5 Å². The van der Waals surface area contributed by atoms with Crippen molar-refractivity contribution in [2.75, 3.05) is 31.3 Å². The van der Waals surface area contributed by atoms with Gasteiger partial charge in [0.25, 0.3) is 0 Å². The van der Waals surface area contributed by atoms with Gasteiger partial charge in [-0.1, -0.05) is 6.92 Å². The van der Waals surface area contributed by atoms with Gasteiger partial charge in [-0.15, -0.1) is 0 Å². The van der Waals surface area contributed by atoms with E-state index >= 15 is 0 Å². The van der Waals surface area contributed by atoms with Gasteiger partial charge in [-0.05, 0) is 19.3 Å². The van der Waals surface area contributed by atoms with Gasteiger partial charge in [-0.2, -0.15) is 0 Å². The highest BCUT2D eigenvalue weighted by molar-refractivity contribution is 7.91. The fraction of sp³-hybridized carbons (Fsp3) is 1.00. The van der Waals surface area contributed by atoms with Crippen molar-refractivity contribution in [3.05, 3.63) is 0 Å². The molecule has 0 amide bonds. The van der Waals surface area contributed by atoms with E-state index in [0.29, 0.717) is 13.2 Å². The third-order valence-corrected chi connectivity index (χ3v) is 4.95. The standard InChI is InChI=1S/C10H20O4S/c1-3-14-8-10(7-11)5-9(10)6-15(12,13)4-2/h9,11H,3-8H2,1-2H3/t9-,10-/m0/s1. The van der Waals surface area contributed by atoms with Gasteiger partial charge in [0.15, 0.2) is 0 Å². The molecule has 15 heavy (non-hydrogen) atoms. The number of sulfone groups is 1. The number of aliphatic hydroxyl groups excluding tert-OH is 1. The molecule has 0 radical (unpaired) electrons. The molecular weight excluding hydrogens is 216 g/mol. The molecule has 4 nitrogen and oxygen atoms in total. The Morgan fingerprint density at radius 2 is 2.13 bits per heavy atom. The molecule has 0 bridgehead atoms. The first-order valence-corrected chi connectivity index (χ1v) is 7.21. The molecule has 2 atom stereocenters. The van der Waals surface area contributed by atoms with Crippen molar-refractivity contribution in [1.29, 1.82) is 0 Å². The van der Waals surface area contributed by atoms with E-state index < -0.39 is 9.84 Å². The molecule has 1 fully saturated rings. The van der Waals surface area contributed by atoms with Gasteiger partial charge in [0.1, 0.15) is 9.84 Å². The van der Waals surface area contributed by atoms with Gasteiger partial charge < -0.3 is 9.84 Å². The van der Waals surface area contributed by atoms with Crippen molar-refractivity contribution in [3.8, 4) is 0 Å². The summed E-state index contributed by atoms with van der Waals surface area (Å²) in [4.78, 5) is 0. The molecule has 0 heterocycles. The highest BCUT2D eigenvalue weighted by Gasteiger charge is 2.55. The van der Waals surface area contributed by atoms with Crippen LogP contribution in [0.4, 0.5) is 0 Å². The lowest BCUT2D eigenvalue weighted by Crippen LogP contribution is -2.22. The van der Waals surface area contributed by atoms with Crippen LogP contribution in [0.3, 0.4) is 0 Å². The van der Waals surface area contributed by atoms with Crippen molar-refractivity contribution < 1.29 is 18.3 Å². The van der Waals surface area contributed by atoms with Crippen molar-refractivity contribution in [1.82, 2.24) is 0 Å². The molecule has 1 saturated carbocycles. The Morgan fingerprint density at radius 3 is 2.60 bits per heavy atom. The summed E-state index contributed by atoms with van der Waals surface area (Å²) >= 11 is 0. The van der Waals surface area contributed by atoms with Gasteiger partial charge in [0.2, 0.25) is 0 Å². The van der Waals surface area contributed by atoms with E-state index in [-0.39, 0.29) is 29.4 Å². The van der Waals surface area contributed by atoms with Gasteiger partial charge >= 0.3 is 0 Å². The highest BCUT2D eigenvalue weighted by atomic mass is 32.2. The summed E-state index contributed by atoms with van der Waals surface area (Å²) < 4.78 is 28.1. The maximum atomic E-state index is 11.4. The second-order valence-corrected chi connectivity index (χ2v) is 6.66. The Balaban J connectivity index is 2.48. The molecule has 0 unspecified atom stereocenters. The molecule has 0 spiro atoms. The number of ether oxygens (including phenoxy) is 1. The van der Waals surface area contributed by atoms with Gasteiger partial charge in [0.05, 0.1) is 19.0 Å². The molecule has 0 saturated heterocycles. The summed E-state index contributed by atoms with van der Waals surface area (Å²) in [5, 5.41) is 9.25. The molecule has 1 aliphatic carbocycles. The van der Waals surface area contributed by atoms with Gasteiger partial charge in [0, 0.05) is 17.8 Å². The van der Waals surface area contributed by atoms with Crippen LogP contribution in [0.5, 0.6) is 0 Å². The molecule has 1 rings (SSSR count). The summed E-state index contributed by atoms with van der Waals surface area (Å²) in [7, 11) is -2.93. The Hall–Kier alpha value is -0.130. The molecule has 5 heteroatoms. The van der Waals surface area contributed by atoms with Crippen LogP contribution in [0.1, 0.15) is 20.3 Å². The fourth-order valence-corrected chi connectivity index (χ4v) is 3.13. The molecule has 1 N–H and O–H groups in total. The van der Waals surface area contributed by atoms with Crippen LogP contribution in [0.15, 0.2) is 0 Å². The van der Waals surface area contributed by atoms with E-state index in [0.717, 1.165) is 6.42 Å². The SMILES string of the molecule is CCOC[C@@]1(CO)C[C@H]1CS(=O)(=O)CC. The lowest BCUT2D eigenvalue weighted by Gasteiger charge is -2.13. The number of hydrogen-bond acceptors (Lipinski definition) is 4. The van der Waals surface area contributed by atoms with Crippen LogP contribution in [0, 0.1) is 11.3 Å². The zero-order valence-corrected chi connectivity index (χ0v) is 10.2. The molecule has 0 aromatic rings. The first kappa shape index (κ1) is 12.9. The van der Waals surface area contributed by atoms with E-state index in [1.54, 1.807) is 6.92 Å². The van der Waals surface area contributed by atoms with Crippen molar-refractivity contribution >= 4 is 9.84 Å². The summed E-state index contributed by atoms with van der Waals surface area (Å²) in [6, 6.07) is 0. The maximum Gasteiger partial charge on any atom is 0.150 e.